The van der Waals surface area contributed by atoms with Gasteiger partial charge in [-0.3, -0.25) is 4.98 Å². The summed E-state index contributed by atoms with van der Waals surface area (Å²) in [6.45, 7) is 4.23. The van der Waals surface area contributed by atoms with Crippen LogP contribution in [0.1, 0.15) is 17.2 Å². The Hall–Kier alpha value is -2.38. The normalized spacial score (nSPS) is 20.7. The van der Waals surface area contributed by atoms with Gasteiger partial charge in [0.2, 0.25) is 0 Å². The maximum atomic E-state index is 13.5. The molecule has 1 atom stereocenters. The number of morpholine rings is 1. The Morgan fingerprint density at radius 3 is 2.55 bits per heavy atom. The van der Waals surface area contributed by atoms with E-state index in [4.69, 9.17) is 4.74 Å². The van der Waals surface area contributed by atoms with E-state index >= 15 is 0 Å². The van der Waals surface area contributed by atoms with Crippen molar-refractivity contribution >= 4 is 22.0 Å². The molecule has 0 aliphatic carbocycles. The summed E-state index contributed by atoms with van der Waals surface area (Å²) in [4.78, 5) is 6.37. The lowest BCUT2D eigenvalue weighted by Crippen LogP contribution is -2.35. The lowest BCUT2D eigenvalue weighted by molar-refractivity contribution is 0.0574. The van der Waals surface area contributed by atoms with E-state index in [-0.39, 0.29) is 4.90 Å². The van der Waals surface area contributed by atoms with Crippen LogP contribution >= 0.6 is 11.9 Å². The Balaban J connectivity index is 1.81. The van der Waals surface area contributed by atoms with E-state index in [2.05, 4.69) is 11.1 Å². The van der Waals surface area contributed by atoms with Gasteiger partial charge in [-0.15, -0.1) is 3.71 Å². The van der Waals surface area contributed by atoms with Gasteiger partial charge in [0.1, 0.15) is 11.1 Å². The molecule has 2 aliphatic heterocycles. The molecule has 0 amide bonds. The molecule has 29 heavy (non-hydrogen) atoms. The zero-order valence-corrected chi connectivity index (χ0v) is 17.5. The van der Waals surface area contributed by atoms with Crippen LogP contribution in [0.3, 0.4) is 0 Å². The first-order chi connectivity index (χ1) is 14.0. The van der Waals surface area contributed by atoms with Gasteiger partial charge >= 0.3 is 0 Å². The molecule has 1 unspecified atom stereocenters. The van der Waals surface area contributed by atoms with E-state index in [0.29, 0.717) is 42.5 Å². The molecule has 0 saturated carbocycles. The molecule has 4 rings (SSSR count). The first kappa shape index (κ1) is 19.9. The van der Waals surface area contributed by atoms with Gasteiger partial charge in [0.05, 0.1) is 29.8 Å². The minimum atomic E-state index is -3.85. The summed E-state index contributed by atoms with van der Waals surface area (Å²) in [7, 11) is -3.85. The van der Waals surface area contributed by atoms with Gasteiger partial charge in [-0.25, -0.2) is 8.42 Å². The molecule has 1 aromatic carbocycles. The fourth-order valence-corrected chi connectivity index (χ4v) is 6.45. The van der Waals surface area contributed by atoms with Crippen molar-refractivity contribution in [3.05, 3.63) is 70.5 Å². The van der Waals surface area contributed by atoms with Gasteiger partial charge in [0.15, 0.2) is 0 Å². The van der Waals surface area contributed by atoms with Gasteiger partial charge in [-0.05, 0) is 42.6 Å². The molecule has 2 aliphatic rings. The van der Waals surface area contributed by atoms with E-state index in [9.17, 15) is 13.7 Å². The number of hydrogen-bond acceptors (Lipinski definition) is 7. The quantitative estimate of drug-likeness (QED) is 0.692. The summed E-state index contributed by atoms with van der Waals surface area (Å²) >= 11 is 1.10. The number of aryl methyl sites for hydroxylation is 1. The summed E-state index contributed by atoms with van der Waals surface area (Å²) in [6.07, 6.45) is 3.24. The van der Waals surface area contributed by atoms with Crippen molar-refractivity contribution in [2.45, 2.75) is 17.9 Å². The zero-order chi connectivity index (χ0) is 20.4. The fraction of sp³-hybridized carbons (Fsp3) is 0.300. The average molecular weight is 429 g/mol. The van der Waals surface area contributed by atoms with Crippen LogP contribution in [-0.4, -0.2) is 48.3 Å². The second-order valence-corrected chi connectivity index (χ2v) is 9.79. The minimum absolute atomic E-state index is 0.199. The molecule has 0 radical (unpaired) electrons. The number of nitriles is 1. The largest absolute Gasteiger partial charge is 0.378 e. The summed E-state index contributed by atoms with van der Waals surface area (Å²) in [6, 6.07) is 11.8. The third-order valence-electron chi connectivity index (χ3n) is 4.87. The Bertz CT molecular complexity index is 1060. The van der Waals surface area contributed by atoms with Crippen LogP contribution in [0.5, 0.6) is 0 Å². The molecule has 1 aromatic heterocycles. The third kappa shape index (κ3) is 3.76. The van der Waals surface area contributed by atoms with Crippen molar-refractivity contribution in [2.75, 3.05) is 26.3 Å². The number of hydrogen-bond donors (Lipinski definition) is 0. The second kappa shape index (κ2) is 8.16. The summed E-state index contributed by atoms with van der Waals surface area (Å²) in [5.74, 6) is 0. The number of pyridine rings is 1. The topological polar surface area (TPSA) is 86.5 Å². The van der Waals surface area contributed by atoms with Gasteiger partial charge in [-0.1, -0.05) is 23.8 Å². The van der Waals surface area contributed by atoms with Gasteiger partial charge in [0, 0.05) is 25.5 Å². The van der Waals surface area contributed by atoms with Gasteiger partial charge in [0.25, 0.3) is 10.0 Å². The maximum Gasteiger partial charge on any atom is 0.253 e. The van der Waals surface area contributed by atoms with Crippen molar-refractivity contribution in [3.63, 3.8) is 0 Å². The number of benzene rings is 1. The molecule has 7 nitrogen and oxygen atoms in total. The second-order valence-electron chi connectivity index (χ2n) is 6.78. The number of rotatable bonds is 4. The summed E-state index contributed by atoms with van der Waals surface area (Å²) in [5, 5.41) is 10.6. The molecule has 0 bridgehead atoms. The number of sulfonamides is 1. The molecular weight excluding hydrogens is 408 g/mol. The molecule has 9 heteroatoms. The average Bonchev–Trinajstić information content (AvgIpc) is 3.16. The smallest absolute Gasteiger partial charge is 0.253 e. The predicted molar refractivity (Wildman–Crippen MR) is 110 cm³/mol. The molecule has 1 fully saturated rings. The zero-order valence-electron chi connectivity index (χ0n) is 15.9. The highest BCUT2D eigenvalue weighted by molar-refractivity contribution is 8.11. The summed E-state index contributed by atoms with van der Waals surface area (Å²) in [5.41, 5.74) is 2.06. The van der Waals surface area contributed by atoms with Crippen LogP contribution < -0.4 is 0 Å². The van der Waals surface area contributed by atoms with Crippen LogP contribution in [-0.2, 0) is 14.8 Å². The van der Waals surface area contributed by atoms with Crippen LogP contribution in [0.15, 0.2) is 64.3 Å². The standard InChI is InChI=1S/C20H20N4O3S2/c1-15-4-6-17(7-5-15)29(25,26)24-19(16-3-2-8-22-14-16)18(13-21)20(28-24)23-9-11-27-12-10-23/h2-8,14,19H,9-12H2,1H3. The molecule has 3 heterocycles. The first-order valence-electron chi connectivity index (χ1n) is 9.18. The van der Waals surface area contributed by atoms with Crippen molar-refractivity contribution in [1.82, 2.24) is 13.6 Å². The highest BCUT2D eigenvalue weighted by Gasteiger charge is 2.45. The Kier molecular flexibility index (Phi) is 5.61. The SMILES string of the molecule is Cc1ccc(S(=O)(=O)N2SC(N3CCOCC3)=C(C#N)C2c2cccnc2)cc1. The minimum Gasteiger partial charge on any atom is -0.378 e. The molecule has 2 aromatic rings. The lowest BCUT2D eigenvalue weighted by Gasteiger charge is -2.29. The Morgan fingerprint density at radius 2 is 1.93 bits per heavy atom. The monoisotopic (exact) mass is 428 g/mol. The molecule has 1 saturated heterocycles. The van der Waals surface area contributed by atoms with Crippen molar-refractivity contribution < 1.29 is 13.2 Å². The van der Waals surface area contributed by atoms with Crippen LogP contribution in [0.25, 0.3) is 0 Å². The third-order valence-corrected chi connectivity index (χ3v) is 8.27. The Labute approximate surface area is 174 Å². The highest BCUT2D eigenvalue weighted by atomic mass is 32.3. The van der Waals surface area contributed by atoms with E-state index < -0.39 is 16.1 Å². The number of ether oxygens (including phenoxy) is 1. The van der Waals surface area contributed by atoms with E-state index in [1.165, 1.54) is 3.71 Å². The van der Waals surface area contributed by atoms with E-state index in [0.717, 1.165) is 17.5 Å². The number of aromatic nitrogens is 1. The van der Waals surface area contributed by atoms with E-state index in [1.54, 1.807) is 48.8 Å². The molecule has 0 spiro atoms. The lowest BCUT2D eigenvalue weighted by atomic mass is 10.0. The molecule has 0 N–H and O–H groups in total. The van der Waals surface area contributed by atoms with Gasteiger partial charge < -0.3 is 9.64 Å². The van der Waals surface area contributed by atoms with Crippen LogP contribution in [0.2, 0.25) is 0 Å². The number of nitrogens with zero attached hydrogens (tertiary/aromatic N) is 4. The summed E-state index contributed by atoms with van der Waals surface area (Å²) < 4.78 is 33.8. The van der Waals surface area contributed by atoms with Crippen molar-refractivity contribution in [1.29, 1.82) is 5.26 Å². The van der Waals surface area contributed by atoms with Crippen LogP contribution in [0.4, 0.5) is 0 Å². The highest BCUT2D eigenvalue weighted by Crippen LogP contribution is 2.50. The first-order valence-corrected chi connectivity index (χ1v) is 11.4. The maximum absolute atomic E-state index is 13.5. The molecule has 150 valence electrons. The van der Waals surface area contributed by atoms with Gasteiger partial charge in [-0.2, -0.15) is 5.26 Å². The Morgan fingerprint density at radius 1 is 1.21 bits per heavy atom. The van der Waals surface area contributed by atoms with E-state index in [1.807, 2.05) is 11.8 Å². The van der Waals surface area contributed by atoms with Crippen molar-refractivity contribution in [3.8, 4) is 6.07 Å². The predicted octanol–water partition coefficient (Wildman–Crippen LogP) is 2.85. The van der Waals surface area contributed by atoms with Crippen molar-refractivity contribution in [2.24, 2.45) is 0 Å². The fourth-order valence-electron chi connectivity index (χ4n) is 3.34. The van der Waals surface area contributed by atoms with Crippen LogP contribution in [0, 0.1) is 18.3 Å². The molecular formula is C20H20N4O3S2.